The van der Waals surface area contributed by atoms with Gasteiger partial charge in [-0.3, -0.25) is 19.7 Å². The molecule has 2 aromatic rings. The number of anilines is 1. The van der Waals surface area contributed by atoms with Crippen molar-refractivity contribution in [2.24, 2.45) is 5.10 Å². The number of nitro groups is 1. The van der Waals surface area contributed by atoms with E-state index in [0.29, 0.717) is 11.3 Å². The Labute approximate surface area is 156 Å². The number of benzene rings is 2. The highest BCUT2D eigenvalue weighted by Gasteiger charge is 2.07. The maximum Gasteiger partial charge on any atom is 0.269 e. The van der Waals surface area contributed by atoms with E-state index in [-0.39, 0.29) is 24.4 Å². The molecule has 140 valence electrons. The van der Waals surface area contributed by atoms with Gasteiger partial charge in [-0.15, -0.1) is 0 Å². The van der Waals surface area contributed by atoms with Crippen molar-refractivity contribution in [1.82, 2.24) is 5.43 Å². The van der Waals surface area contributed by atoms with Crippen LogP contribution in [0.3, 0.4) is 0 Å². The van der Waals surface area contributed by atoms with Crippen LogP contribution < -0.4 is 10.7 Å². The third-order valence-corrected chi connectivity index (χ3v) is 3.73. The molecule has 2 aromatic carbocycles. The van der Waals surface area contributed by atoms with E-state index >= 15 is 0 Å². The average molecular weight is 368 g/mol. The Morgan fingerprint density at radius 1 is 1.04 bits per heavy atom. The van der Waals surface area contributed by atoms with Crippen LogP contribution in [-0.4, -0.2) is 23.0 Å². The van der Waals surface area contributed by atoms with Gasteiger partial charge in [-0.05, 0) is 41.8 Å². The van der Waals surface area contributed by atoms with Crippen molar-refractivity contribution in [2.75, 3.05) is 5.32 Å². The van der Waals surface area contributed by atoms with Crippen LogP contribution in [0.4, 0.5) is 11.4 Å². The molecule has 8 heteroatoms. The number of nitrogens with zero attached hydrogens (tertiary/aromatic N) is 2. The molecule has 0 atom stereocenters. The summed E-state index contributed by atoms with van der Waals surface area (Å²) in [6, 6.07) is 13.3. The molecule has 0 radical (unpaired) electrons. The van der Waals surface area contributed by atoms with Gasteiger partial charge in [-0.2, -0.15) is 5.10 Å². The zero-order valence-electron chi connectivity index (χ0n) is 14.8. The van der Waals surface area contributed by atoms with Gasteiger partial charge in [0.15, 0.2) is 0 Å². The Balaban J connectivity index is 1.73. The molecule has 0 unspecified atom stereocenters. The van der Waals surface area contributed by atoms with Crippen LogP contribution in [-0.2, 0) is 16.0 Å². The van der Waals surface area contributed by atoms with Crippen LogP contribution in [0.2, 0.25) is 0 Å². The lowest BCUT2D eigenvalue weighted by molar-refractivity contribution is -0.384. The minimum Gasteiger partial charge on any atom is -0.326 e. The highest BCUT2D eigenvalue weighted by Crippen LogP contribution is 2.11. The number of aryl methyl sites for hydroxylation is 1. The van der Waals surface area contributed by atoms with Gasteiger partial charge in [-0.1, -0.05) is 19.1 Å². The van der Waals surface area contributed by atoms with Crippen molar-refractivity contribution in [3.05, 3.63) is 69.8 Å². The third-order valence-electron chi connectivity index (χ3n) is 3.73. The number of non-ortho nitro benzene ring substituents is 1. The smallest absolute Gasteiger partial charge is 0.269 e. The largest absolute Gasteiger partial charge is 0.326 e. The topological polar surface area (TPSA) is 114 Å². The van der Waals surface area contributed by atoms with Gasteiger partial charge < -0.3 is 5.32 Å². The summed E-state index contributed by atoms with van der Waals surface area (Å²) in [5.41, 5.74) is 4.77. The molecular formula is C19H20N4O4. The Hall–Kier alpha value is -3.55. The summed E-state index contributed by atoms with van der Waals surface area (Å²) >= 11 is 0. The summed E-state index contributed by atoms with van der Waals surface area (Å²) in [7, 11) is 0. The lowest BCUT2D eigenvalue weighted by Crippen LogP contribution is -2.20. The van der Waals surface area contributed by atoms with Crippen molar-refractivity contribution in [3.8, 4) is 0 Å². The fourth-order valence-electron chi connectivity index (χ4n) is 2.19. The lowest BCUT2D eigenvalue weighted by atomic mass is 10.1. The Bertz CT molecular complexity index is 830. The Morgan fingerprint density at radius 2 is 1.67 bits per heavy atom. The van der Waals surface area contributed by atoms with Gasteiger partial charge in [0.25, 0.3) is 5.69 Å². The second-order valence-corrected chi connectivity index (χ2v) is 5.74. The van der Waals surface area contributed by atoms with Gasteiger partial charge in [0, 0.05) is 30.7 Å². The molecule has 0 saturated heterocycles. The predicted molar refractivity (Wildman–Crippen MR) is 103 cm³/mol. The summed E-state index contributed by atoms with van der Waals surface area (Å²) in [5, 5.41) is 17.1. The number of hydrogen-bond acceptors (Lipinski definition) is 5. The average Bonchev–Trinajstić information content (AvgIpc) is 2.67. The van der Waals surface area contributed by atoms with Crippen LogP contribution in [0.1, 0.15) is 30.9 Å². The number of rotatable bonds is 8. The van der Waals surface area contributed by atoms with E-state index in [9.17, 15) is 19.7 Å². The van der Waals surface area contributed by atoms with Crippen molar-refractivity contribution in [1.29, 1.82) is 0 Å². The van der Waals surface area contributed by atoms with Gasteiger partial charge in [0.05, 0.1) is 11.1 Å². The molecule has 0 heterocycles. The lowest BCUT2D eigenvalue weighted by Gasteiger charge is -2.05. The quantitative estimate of drug-likeness (QED) is 0.423. The summed E-state index contributed by atoms with van der Waals surface area (Å²) in [6.45, 7) is 2.05. The van der Waals surface area contributed by atoms with E-state index in [2.05, 4.69) is 22.8 Å². The molecule has 0 aliphatic rings. The number of nitrogens with one attached hydrogen (secondary N) is 2. The van der Waals surface area contributed by atoms with Crippen LogP contribution in [0.5, 0.6) is 0 Å². The summed E-state index contributed by atoms with van der Waals surface area (Å²) in [4.78, 5) is 33.7. The van der Waals surface area contributed by atoms with Crippen LogP contribution in [0.15, 0.2) is 53.6 Å². The third kappa shape index (κ3) is 6.69. The number of nitro benzene ring substituents is 1. The summed E-state index contributed by atoms with van der Waals surface area (Å²) < 4.78 is 0. The normalized spacial score (nSPS) is 10.6. The zero-order chi connectivity index (χ0) is 19.6. The minimum absolute atomic E-state index is 0.00349. The fourth-order valence-corrected chi connectivity index (χ4v) is 2.19. The maximum absolute atomic E-state index is 11.9. The zero-order valence-corrected chi connectivity index (χ0v) is 14.8. The van der Waals surface area contributed by atoms with Crippen LogP contribution in [0.25, 0.3) is 0 Å². The molecule has 0 fully saturated rings. The number of amides is 2. The first kappa shape index (κ1) is 19.8. The predicted octanol–water partition coefficient (Wildman–Crippen LogP) is 3.03. The Morgan fingerprint density at radius 3 is 2.26 bits per heavy atom. The Kier molecular flexibility index (Phi) is 7.18. The molecule has 8 nitrogen and oxygen atoms in total. The van der Waals surface area contributed by atoms with Crippen LogP contribution >= 0.6 is 0 Å². The molecule has 2 rings (SSSR count). The SMILES string of the molecule is CCc1ccc(NC(=O)CCC(=O)N/N=C/c2ccc([N+](=O)[O-])cc2)cc1. The second kappa shape index (κ2) is 9.81. The summed E-state index contributed by atoms with van der Waals surface area (Å²) in [6.07, 6.45) is 2.33. The standard InChI is InChI=1S/C19H20N4O4/c1-2-14-3-7-16(8-4-14)21-18(24)11-12-19(25)22-20-13-15-5-9-17(10-6-15)23(26)27/h3-10,13H,2,11-12H2,1H3,(H,21,24)(H,22,25)/b20-13+. The van der Waals surface area contributed by atoms with Gasteiger partial charge in [-0.25, -0.2) is 5.43 Å². The van der Waals surface area contributed by atoms with Crippen molar-refractivity contribution in [2.45, 2.75) is 26.2 Å². The first-order chi connectivity index (χ1) is 13.0. The van der Waals surface area contributed by atoms with Crippen molar-refractivity contribution in [3.63, 3.8) is 0 Å². The second-order valence-electron chi connectivity index (χ2n) is 5.74. The van der Waals surface area contributed by atoms with Gasteiger partial charge in [0.1, 0.15) is 0 Å². The number of carbonyl (C=O) groups is 2. The maximum atomic E-state index is 11.9. The molecule has 0 aromatic heterocycles. The molecule has 0 aliphatic carbocycles. The molecule has 2 amide bonds. The summed E-state index contributed by atoms with van der Waals surface area (Å²) in [5.74, 6) is -0.654. The van der Waals surface area contributed by atoms with Gasteiger partial charge in [0.2, 0.25) is 11.8 Å². The van der Waals surface area contributed by atoms with Gasteiger partial charge >= 0.3 is 0 Å². The first-order valence-corrected chi connectivity index (χ1v) is 8.43. The molecule has 0 bridgehead atoms. The molecular weight excluding hydrogens is 348 g/mol. The highest BCUT2D eigenvalue weighted by atomic mass is 16.6. The van der Waals surface area contributed by atoms with E-state index < -0.39 is 10.8 Å². The molecule has 2 N–H and O–H groups in total. The monoisotopic (exact) mass is 368 g/mol. The molecule has 0 aliphatic heterocycles. The molecule has 0 saturated carbocycles. The highest BCUT2D eigenvalue weighted by molar-refractivity contribution is 5.93. The number of hydrogen-bond donors (Lipinski definition) is 2. The van der Waals surface area contributed by atoms with E-state index in [1.165, 1.54) is 36.0 Å². The van der Waals surface area contributed by atoms with Crippen molar-refractivity contribution < 1.29 is 14.5 Å². The molecule has 0 spiro atoms. The van der Waals surface area contributed by atoms with Crippen LogP contribution in [0, 0.1) is 10.1 Å². The van der Waals surface area contributed by atoms with E-state index in [4.69, 9.17) is 0 Å². The number of carbonyl (C=O) groups excluding carboxylic acids is 2. The van der Waals surface area contributed by atoms with Crippen molar-refractivity contribution >= 4 is 29.4 Å². The van der Waals surface area contributed by atoms with E-state index in [0.717, 1.165) is 6.42 Å². The first-order valence-electron chi connectivity index (χ1n) is 8.43. The van der Waals surface area contributed by atoms with E-state index in [1.807, 2.05) is 24.3 Å². The number of hydrazone groups is 1. The van der Waals surface area contributed by atoms with E-state index in [1.54, 1.807) is 0 Å². The molecule has 27 heavy (non-hydrogen) atoms. The fraction of sp³-hybridized carbons (Fsp3) is 0.211. The minimum atomic E-state index is -0.494.